The van der Waals surface area contributed by atoms with Gasteiger partial charge in [-0.2, -0.15) is 0 Å². The van der Waals surface area contributed by atoms with E-state index in [0.29, 0.717) is 0 Å². The van der Waals surface area contributed by atoms with Crippen LogP contribution in [0.2, 0.25) is 0 Å². The average Bonchev–Trinajstić information content (AvgIpc) is 2.72. The Hall–Kier alpha value is -1.19. The molecule has 0 saturated carbocycles. The van der Waals surface area contributed by atoms with Gasteiger partial charge < -0.3 is 5.11 Å². The van der Waals surface area contributed by atoms with Gasteiger partial charge in [0, 0.05) is 10.4 Å². The summed E-state index contributed by atoms with van der Waals surface area (Å²) in [5.41, 5.74) is 3.81. The fourth-order valence-corrected chi connectivity index (χ4v) is 3.90. The molecule has 1 heterocycles. The molecule has 1 aliphatic rings. The minimum Gasteiger partial charge on any atom is -0.386 e. The standard InChI is InChI=1S/C15H17NOS/c1-9(17)14-16-13-10-6-4-5-7-11(10)15(2,3)8-12(13)18-14/h4-7,9,17H,8H2,1-3H3. The number of benzene rings is 1. The molecule has 1 atom stereocenters. The van der Waals surface area contributed by atoms with Gasteiger partial charge in [0.05, 0.1) is 5.69 Å². The molecule has 0 spiro atoms. The monoisotopic (exact) mass is 259 g/mol. The van der Waals surface area contributed by atoms with Gasteiger partial charge in [-0.25, -0.2) is 4.98 Å². The van der Waals surface area contributed by atoms with E-state index in [4.69, 9.17) is 0 Å². The highest BCUT2D eigenvalue weighted by molar-refractivity contribution is 7.12. The summed E-state index contributed by atoms with van der Waals surface area (Å²) in [6.45, 7) is 6.33. The van der Waals surface area contributed by atoms with Crippen molar-refractivity contribution >= 4 is 11.3 Å². The van der Waals surface area contributed by atoms with Crippen molar-refractivity contribution in [1.29, 1.82) is 0 Å². The minimum absolute atomic E-state index is 0.145. The van der Waals surface area contributed by atoms with E-state index in [9.17, 15) is 5.11 Å². The van der Waals surface area contributed by atoms with Crippen molar-refractivity contribution < 1.29 is 5.11 Å². The van der Waals surface area contributed by atoms with Crippen LogP contribution in [0.4, 0.5) is 0 Å². The third-order valence-electron chi connectivity index (χ3n) is 3.59. The van der Waals surface area contributed by atoms with Crippen LogP contribution in [0.25, 0.3) is 11.3 Å². The Balaban J connectivity index is 2.23. The largest absolute Gasteiger partial charge is 0.386 e. The molecule has 1 aromatic heterocycles. The van der Waals surface area contributed by atoms with Crippen LogP contribution >= 0.6 is 11.3 Å². The molecule has 2 nitrogen and oxygen atoms in total. The fourth-order valence-electron chi connectivity index (χ4n) is 2.66. The molecule has 3 rings (SSSR count). The summed E-state index contributed by atoms with van der Waals surface area (Å²) in [5.74, 6) is 0. The molecule has 1 N–H and O–H groups in total. The van der Waals surface area contributed by atoms with Gasteiger partial charge in [-0.1, -0.05) is 38.1 Å². The second-order valence-corrected chi connectivity index (χ2v) is 6.72. The molecule has 94 valence electrons. The van der Waals surface area contributed by atoms with Crippen molar-refractivity contribution in [2.45, 2.75) is 38.7 Å². The van der Waals surface area contributed by atoms with E-state index < -0.39 is 6.10 Å². The van der Waals surface area contributed by atoms with E-state index in [2.05, 4.69) is 43.1 Å². The minimum atomic E-state index is -0.476. The number of nitrogens with zero attached hydrogens (tertiary/aromatic N) is 1. The molecular formula is C15H17NOS. The third kappa shape index (κ3) is 1.70. The third-order valence-corrected chi connectivity index (χ3v) is 4.81. The molecule has 2 aromatic rings. The molecule has 18 heavy (non-hydrogen) atoms. The number of aliphatic hydroxyl groups excluding tert-OH is 1. The molecule has 0 fully saturated rings. The van der Waals surface area contributed by atoms with Crippen LogP contribution in [0.1, 0.15) is 42.3 Å². The number of thiazole rings is 1. The van der Waals surface area contributed by atoms with Crippen molar-refractivity contribution in [2.75, 3.05) is 0 Å². The van der Waals surface area contributed by atoms with Crippen LogP contribution in [0.5, 0.6) is 0 Å². The van der Waals surface area contributed by atoms with E-state index in [-0.39, 0.29) is 5.41 Å². The highest BCUT2D eigenvalue weighted by Gasteiger charge is 2.33. The number of fused-ring (bicyclic) bond motifs is 3. The predicted octanol–water partition coefficient (Wildman–Crippen LogP) is 3.70. The maximum atomic E-state index is 9.70. The van der Waals surface area contributed by atoms with Gasteiger partial charge in [0.15, 0.2) is 0 Å². The number of rotatable bonds is 1. The summed E-state index contributed by atoms with van der Waals surface area (Å²) < 4.78 is 0. The molecule has 3 heteroatoms. The summed E-state index contributed by atoms with van der Waals surface area (Å²) in [5, 5.41) is 10.5. The van der Waals surface area contributed by atoms with Crippen molar-refractivity contribution in [3.63, 3.8) is 0 Å². The normalized spacial score (nSPS) is 18.0. The van der Waals surface area contributed by atoms with Crippen LogP contribution in [0, 0.1) is 0 Å². The van der Waals surface area contributed by atoms with Crippen LogP contribution in [0.3, 0.4) is 0 Å². The second kappa shape index (κ2) is 3.90. The summed E-state index contributed by atoms with van der Waals surface area (Å²) in [4.78, 5) is 5.93. The molecule has 0 aliphatic heterocycles. The van der Waals surface area contributed by atoms with E-state index in [1.807, 2.05) is 0 Å². The molecule has 0 bridgehead atoms. The summed E-state index contributed by atoms with van der Waals surface area (Å²) in [7, 11) is 0. The lowest BCUT2D eigenvalue weighted by atomic mass is 9.74. The summed E-state index contributed by atoms with van der Waals surface area (Å²) in [6, 6.07) is 8.49. The summed E-state index contributed by atoms with van der Waals surface area (Å²) >= 11 is 1.65. The second-order valence-electron chi connectivity index (χ2n) is 5.61. The lowest BCUT2D eigenvalue weighted by molar-refractivity contribution is 0.199. The quantitative estimate of drug-likeness (QED) is 0.847. The first-order valence-electron chi connectivity index (χ1n) is 6.26. The van der Waals surface area contributed by atoms with Crippen LogP contribution < -0.4 is 0 Å². The zero-order valence-corrected chi connectivity index (χ0v) is 11.7. The SMILES string of the molecule is CC(O)c1nc2c(s1)CC(C)(C)c1ccccc1-2. The Kier molecular flexibility index (Phi) is 2.57. The zero-order valence-electron chi connectivity index (χ0n) is 10.9. The van der Waals surface area contributed by atoms with Crippen LogP contribution in [-0.4, -0.2) is 10.1 Å². The Labute approximate surface area is 111 Å². The van der Waals surface area contributed by atoms with Crippen molar-refractivity contribution in [3.05, 3.63) is 39.7 Å². The molecule has 1 aliphatic carbocycles. The predicted molar refractivity (Wildman–Crippen MR) is 74.9 cm³/mol. The fraction of sp³-hybridized carbons (Fsp3) is 0.400. The molecule has 0 radical (unpaired) electrons. The molecular weight excluding hydrogens is 242 g/mol. The molecule has 1 unspecified atom stereocenters. The van der Waals surface area contributed by atoms with Gasteiger partial charge in [-0.15, -0.1) is 11.3 Å². The number of hydrogen-bond acceptors (Lipinski definition) is 3. The Morgan fingerprint density at radius 2 is 2.06 bits per heavy atom. The van der Waals surface area contributed by atoms with Crippen molar-refractivity contribution in [1.82, 2.24) is 4.98 Å². The zero-order chi connectivity index (χ0) is 12.9. The first-order valence-corrected chi connectivity index (χ1v) is 7.08. The lowest BCUT2D eigenvalue weighted by Gasteiger charge is -2.31. The first kappa shape index (κ1) is 11.9. The Bertz CT molecular complexity index is 598. The number of aromatic nitrogens is 1. The maximum Gasteiger partial charge on any atom is 0.122 e. The Morgan fingerprint density at radius 1 is 1.33 bits per heavy atom. The highest BCUT2D eigenvalue weighted by Crippen LogP contribution is 2.45. The van der Waals surface area contributed by atoms with Gasteiger partial charge in [0.1, 0.15) is 11.1 Å². The van der Waals surface area contributed by atoms with Gasteiger partial charge >= 0.3 is 0 Å². The van der Waals surface area contributed by atoms with Crippen molar-refractivity contribution in [2.24, 2.45) is 0 Å². The smallest absolute Gasteiger partial charge is 0.122 e. The van der Waals surface area contributed by atoms with Crippen molar-refractivity contribution in [3.8, 4) is 11.3 Å². The highest BCUT2D eigenvalue weighted by atomic mass is 32.1. The van der Waals surface area contributed by atoms with Gasteiger partial charge in [0.25, 0.3) is 0 Å². The maximum absolute atomic E-state index is 9.70. The molecule has 0 saturated heterocycles. The van der Waals surface area contributed by atoms with E-state index in [1.165, 1.54) is 16.0 Å². The van der Waals surface area contributed by atoms with E-state index in [1.54, 1.807) is 18.3 Å². The average molecular weight is 259 g/mol. The topological polar surface area (TPSA) is 33.1 Å². The van der Waals surface area contributed by atoms with Gasteiger partial charge in [0.2, 0.25) is 0 Å². The lowest BCUT2D eigenvalue weighted by Crippen LogP contribution is -2.24. The summed E-state index contributed by atoms with van der Waals surface area (Å²) in [6.07, 6.45) is 0.528. The molecule has 1 aromatic carbocycles. The van der Waals surface area contributed by atoms with E-state index in [0.717, 1.165) is 17.1 Å². The number of hydrogen-bond donors (Lipinski definition) is 1. The van der Waals surface area contributed by atoms with E-state index >= 15 is 0 Å². The van der Waals surface area contributed by atoms with Gasteiger partial charge in [-0.05, 0) is 24.3 Å². The van der Waals surface area contributed by atoms with Gasteiger partial charge in [-0.3, -0.25) is 0 Å². The number of aliphatic hydroxyl groups is 1. The first-order chi connectivity index (χ1) is 8.49. The van der Waals surface area contributed by atoms with Crippen LogP contribution in [0.15, 0.2) is 24.3 Å². The van der Waals surface area contributed by atoms with Crippen LogP contribution in [-0.2, 0) is 11.8 Å². The Morgan fingerprint density at radius 3 is 2.78 bits per heavy atom. The molecule has 0 amide bonds.